The Labute approximate surface area is 98.7 Å². The van der Waals surface area contributed by atoms with Crippen molar-refractivity contribution in [2.24, 2.45) is 5.41 Å². The molecule has 1 heterocycles. The molecule has 0 amide bonds. The normalized spacial score (nSPS) is 16.2. The second-order valence-corrected chi connectivity index (χ2v) is 6.07. The lowest BCUT2D eigenvalue weighted by molar-refractivity contribution is 0.353. The monoisotopic (exact) mass is 218 g/mol. The van der Waals surface area contributed by atoms with Gasteiger partial charge in [0.1, 0.15) is 0 Å². The summed E-state index contributed by atoms with van der Waals surface area (Å²) >= 11 is 0. The van der Waals surface area contributed by atoms with Crippen molar-refractivity contribution in [1.29, 1.82) is 0 Å². The molecule has 0 radical (unpaired) electrons. The summed E-state index contributed by atoms with van der Waals surface area (Å²) in [6, 6.07) is 6.75. The van der Waals surface area contributed by atoms with Gasteiger partial charge in [-0.1, -0.05) is 26.8 Å². The molecule has 88 valence electrons. The first-order valence-corrected chi connectivity index (χ1v) is 5.98. The van der Waals surface area contributed by atoms with Crippen molar-refractivity contribution in [3.63, 3.8) is 0 Å². The van der Waals surface area contributed by atoms with E-state index in [1.807, 2.05) is 0 Å². The molecular weight excluding hydrogens is 196 g/mol. The van der Waals surface area contributed by atoms with Gasteiger partial charge in [-0.25, -0.2) is 0 Å². The second kappa shape index (κ2) is 4.10. The van der Waals surface area contributed by atoms with Crippen LogP contribution in [0.1, 0.15) is 31.9 Å². The zero-order valence-corrected chi connectivity index (χ0v) is 10.8. The number of benzene rings is 1. The van der Waals surface area contributed by atoms with E-state index in [9.17, 15) is 0 Å². The van der Waals surface area contributed by atoms with E-state index in [1.165, 1.54) is 16.8 Å². The topological polar surface area (TPSA) is 15.3 Å². The van der Waals surface area contributed by atoms with Crippen LogP contribution in [0.4, 0.5) is 5.69 Å². The molecule has 0 aliphatic carbocycles. The minimum Gasteiger partial charge on any atom is -0.385 e. The van der Waals surface area contributed by atoms with Crippen molar-refractivity contribution >= 4 is 5.69 Å². The summed E-state index contributed by atoms with van der Waals surface area (Å²) in [6.07, 6.45) is 0. The summed E-state index contributed by atoms with van der Waals surface area (Å²) in [6.45, 7) is 9.94. The van der Waals surface area contributed by atoms with Crippen LogP contribution in [0.3, 0.4) is 0 Å². The van der Waals surface area contributed by atoms with E-state index in [0.717, 1.165) is 19.6 Å². The highest BCUT2D eigenvalue weighted by Gasteiger charge is 2.16. The first kappa shape index (κ1) is 11.5. The number of rotatable bonds is 2. The van der Waals surface area contributed by atoms with Gasteiger partial charge in [0, 0.05) is 25.3 Å². The molecule has 16 heavy (non-hydrogen) atoms. The Morgan fingerprint density at radius 3 is 2.56 bits per heavy atom. The third-order valence-corrected chi connectivity index (χ3v) is 2.91. The van der Waals surface area contributed by atoms with E-state index in [4.69, 9.17) is 0 Å². The van der Waals surface area contributed by atoms with Gasteiger partial charge in [0.15, 0.2) is 0 Å². The minimum absolute atomic E-state index is 0.329. The molecule has 2 heteroatoms. The van der Waals surface area contributed by atoms with E-state index in [2.05, 4.69) is 56.2 Å². The quantitative estimate of drug-likeness (QED) is 0.820. The lowest BCUT2D eigenvalue weighted by atomic mass is 9.97. The second-order valence-electron chi connectivity index (χ2n) is 6.07. The molecule has 1 aromatic rings. The zero-order chi connectivity index (χ0) is 11.8. The van der Waals surface area contributed by atoms with Gasteiger partial charge < -0.3 is 5.32 Å². The smallest absolute Gasteiger partial charge is 0.0343 e. The Hall–Kier alpha value is -1.02. The van der Waals surface area contributed by atoms with Gasteiger partial charge in [-0.05, 0) is 35.7 Å². The van der Waals surface area contributed by atoms with Crippen LogP contribution >= 0.6 is 0 Å². The molecular formula is C14H22N2. The van der Waals surface area contributed by atoms with Crippen molar-refractivity contribution in [3.8, 4) is 0 Å². The molecule has 1 aliphatic rings. The minimum atomic E-state index is 0.329. The number of anilines is 1. The fourth-order valence-corrected chi connectivity index (χ4v) is 2.04. The van der Waals surface area contributed by atoms with Crippen molar-refractivity contribution in [1.82, 2.24) is 4.90 Å². The summed E-state index contributed by atoms with van der Waals surface area (Å²) in [5.74, 6) is 0. The number of nitrogens with zero attached hydrogens (tertiary/aromatic N) is 1. The van der Waals surface area contributed by atoms with Crippen LogP contribution in [0.2, 0.25) is 0 Å². The summed E-state index contributed by atoms with van der Waals surface area (Å²) < 4.78 is 0. The number of hydrogen-bond donors (Lipinski definition) is 1. The standard InChI is InChI=1S/C14H22N2/c1-14(2,3)10-15-13-6-5-11-8-16(4)9-12(11)7-13/h5-7,15H,8-10H2,1-4H3. The predicted octanol–water partition coefficient (Wildman–Crippen LogP) is 3.09. The van der Waals surface area contributed by atoms with E-state index in [0.29, 0.717) is 5.41 Å². The van der Waals surface area contributed by atoms with Gasteiger partial charge in [-0.3, -0.25) is 4.90 Å². The van der Waals surface area contributed by atoms with E-state index in [-0.39, 0.29) is 0 Å². The SMILES string of the molecule is CN1Cc2ccc(NCC(C)(C)C)cc2C1. The molecule has 2 rings (SSSR count). The Kier molecular flexibility index (Phi) is 2.94. The highest BCUT2D eigenvalue weighted by molar-refractivity contribution is 5.49. The van der Waals surface area contributed by atoms with Crippen LogP contribution < -0.4 is 5.32 Å². The van der Waals surface area contributed by atoms with Crippen molar-refractivity contribution in [2.75, 3.05) is 18.9 Å². The van der Waals surface area contributed by atoms with Gasteiger partial charge in [-0.15, -0.1) is 0 Å². The fourth-order valence-electron chi connectivity index (χ4n) is 2.04. The third-order valence-electron chi connectivity index (χ3n) is 2.91. The first-order valence-electron chi connectivity index (χ1n) is 5.98. The lowest BCUT2D eigenvalue weighted by Gasteiger charge is -2.20. The van der Waals surface area contributed by atoms with Gasteiger partial charge in [0.25, 0.3) is 0 Å². The molecule has 0 saturated heterocycles. The van der Waals surface area contributed by atoms with E-state index in [1.54, 1.807) is 0 Å². The maximum atomic E-state index is 3.51. The number of hydrogen-bond acceptors (Lipinski definition) is 2. The molecule has 0 spiro atoms. The number of fused-ring (bicyclic) bond motifs is 1. The number of nitrogens with one attached hydrogen (secondary N) is 1. The molecule has 1 N–H and O–H groups in total. The summed E-state index contributed by atoms with van der Waals surface area (Å²) in [7, 11) is 2.17. The van der Waals surface area contributed by atoms with Crippen LogP contribution in [-0.2, 0) is 13.1 Å². The zero-order valence-electron chi connectivity index (χ0n) is 10.8. The molecule has 0 fully saturated rings. The Bertz CT molecular complexity index is 377. The van der Waals surface area contributed by atoms with Crippen molar-refractivity contribution < 1.29 is 0 Å². The van der Waals surface area contributed by atoms with Gasteiger partial charge in [-0.2, -0.15) is 0 Å². The first-order chi connectivity index (χ1) is 7.44. The lowest BCUT2D eigenvalue weighted by Crippen LogP contribution is -2.19. The Morgan fingerprint density at radius 1 is 1.19 bits per heavy atom. The summed E-state index contributed by atoms with van der Waals surface area (Å²) in [4.78, 5) is 2.35. The molecule has 1 aliphatic heterocycles. The Balaban J connectivity index is 2.05. The maximum absolute atomic E-state index is 3.51. The maximum Gasteiger partial charge on any atom is 0.0343 e. The fraction of sp³-hybridized carbons (Fsp3) is 0.571. The summed E-state index contributed by atoms with van der Waals surface area (Å²) in [5.41, 5.74) is 4.53. The molecule has 0 saturated carbocycles. The van der Waals surface area contributed by atoms with Crippen LogP contribution in [0.25, 0.3) is 0 Å². The summed E-state index contributed by atoms with van der Waals surface area (Å²) in [5, 5.41) is 3.51. The van der Waals surface area contributed by atoms with Crippen LogP contribution in [0.5, 0.6) is 0 Å². The van der Waals surface area contributed by atoms with Crippen molar-refractivity contribution in [3.05, 3.63) is 29.3 Å². The molecule has 0 atom stereocenters. The van der Waals surface area contributed by atoms with Crippen molar-refractivity contribution in [2.45, 2.75) is 33.9 Å². The molecule has 0 unspecified atom stereocenters. The van der Waals surface area contributed by atoms with Gasteiger partial charge in [0.05, 0.1) is 0 Å². The van der Waals surface area contributed by atoms with Gasteiger partial charge in [0.2, 0.25) is 0 Å². The third kappa shape index (κ3) is 2.76. The highest BCUT2D eigenvalue weighted by Crippen LogP contribution is 2.25. The molecule has 2 nitrogen and oxygen atoms in total. The predicted molar refractivity (Wildman–Crippen MR) is 69.6 cm³/mol. The average molecular weight is 218 g/mol. The van der Waals surface area contributed by atoms with Crippen LogP contribution in [0.15, 0.2) is 18.2 Å². The van der Waals surface area contributed by atoms with Crippen LogP contribution in [-0.4, -0.2) is 18.5 Å². The van der Waals surface area contributed by atoms with E-state index >= 15 is 0 Å². The molecule has 0 aromatic heterocycles. The highest BCUT2D eigenvalue weighted by atomic mass is 15.1. The average Bonchev–Trinajstić information content (AvgIpc) is 2.52. The van der Waals surface area contributed by atoms with Crippen LogP contribution in [0, 0.1) is 5.41 Å². The largest absolute Gasteiger partial charge is 0.385 e. The molecule has 0 bridgehead atoms. The van der Waals surface area contributed by atoms with E-state index < -0.39 is 0 Å². The Morgan fingerprint density at radius 2 is 1.88 bits per heavy atom. The van der Waals surface area contributed by atoms with Gasteiger partial charge >= 0.3 is 0 Å². The molecule has 1 aromatic carbocycles.